The highest BCUT2D eigenvalue weighted by Gasteiger charge is 2.43. The van der Waals surface area contributed by atoms with E-state index >= 15 is 0 Å². The molecule has 2 aliphatic rings. The molecule has 2 heterocycles. The van der Waals surface area contributed by atoms with Gasteiger partial charge in [0.15, 0.2) is 5.82 Å². The number of para-hydroxylation sites is 1. The SMILES string of the molecule is Nc1nnc(-c2ccccc2O)cc1C#CC1CC2(CCNCC2)C1. The van der Waals surface area contributed by atoms with Crippen molar-refractivity contribution in [3.63, 3.8) is 0 Å². The average molecular weight is 334 g/mol. The van der Waals surface area contributed by atoms with E-state index in [0.717, 1.165) is 13.1 Å². The fourth-order valence-corrected chi connectivity index (χ4v) is 3.96. The third-order valence-electron chi connectivity index (χ3n) is 5.44. The highest BCUT2D eigenvalue weighted by molar-refractivity contribution is 5.69. The second-order valence-electron chi connectivity index (χ2n) is 7.17. The molecule has 1 aromatic heterocycles. The molecule has 0 unspecified atom stereocenters. The number of anilines is 1. The summed E-state index contributed by atoms with van der Waals surface area (Å²) in [4.78, 5) is 0. The van der Waals surface area contributed by atoms with Crippen molar-refractivity contribution >= 4 is 5.82 Å². The normalized spacial score (nSPS) is 19.0. The molecule has 128 valence electrons. The molecule has 5 nitrogen and oxygen atoms in total. The fraction of sp³-hybridized carbons (Fsp3) is 0.400. The van der Waals surface area contributed by atoms with Gasteiger partial charge in [-0.05, 0) is 62.4 Å². The standard InChI is InChI=1S/C20H22N4O/c21-19-15(6-5-14-12-20(13-14)7-9-22-10-8-20)11-17(23-24-19)16-3-1-2-4-18(16)25/h1-4,11,14,22,25H,7-10,12-13H2,(H2,21,24). The number of nitrogens with two attached hydrogens (primary N) is 1. The second kappa shape index (κ2) is 6.38. The third-order valence-corrected chi connectivity index (χ3v) is 5.44. The van der Waals surface area contributed by atoms with Gasteiger partial charge in [0.1, 0.15) is 5.75 Å². The second-order valence-corrected chi connectivity index (χ2v) is 7.17. The molecule has 0 bridgehead atoms. The Kier molecular flexibility index (Phi) is 4.06. The van der Waals surface area contributed by atoms with E-state index in [1.165, 1.54) is 25.7 Å². The maximum absolute atomic E-state index is 9.99. The van der Waals surface area contributed by atoms with E-state index in [0.29, 0.717) is 34.0 Å². The summed E-state index contributed by atoms with van der Waals surface area (Å²) < 4.78 is 0. The van der Waals surface area contributed by atoms with Crippen molar-refractivity contribution in [2.45, 2.75) is 25.7 Å². The molecule has 0 amide bonds. The number of benzene rings is 1. The minimum absolute atomic E-state index is 0.173. The zero-order valence-electron chi connectivity index (χ0n) is 14.1. The zero-order chi connectivity index (χ0) is 17.3. The summed E-state index contributed by atoms with van der Waals surface area (Å²) in [6.07, 6.45) is 4.90. The van der Waals surface area contributed by atoms with Crippen LogP contribution >= 0.6 is 0 Å². The number of hydrogen-bond donors (Lipinski definition) is 3. The van der Waals surface area contributed by atoms with Crippen LogP contribution in [0.2, 0.25) is 0 Å². The van der Waals surface area contributed by atoms with E-state index in [-0.39, 0.29) is 5.75 Å². The molecule has 0 atom stereocenters. The van der Waals surface area contributed by atoms with Gasteiger partial charge in [-0.3, -0.25) is 0 Å². The molecule has 4 N–H and O–H groups in total. The Morgan fingerprint density at radius 2 is 1.92 bits per heavy atom. The van der Waals surface area contributed by atoms with E-state index in [1.54, 1.807) is 18.2 Å². The molecule has 1 saturated heterocycles. The summed E-state index contributed by atoms with van der Waals surface area (Å²) in [6, 6.07) is 8.87. The minimum Gasteiger partial charge on any atom is -0.507 e. The van der Waals surface area contributed by atoms with Gasteiger partial charge in [-0.1, -0.05) is 24.0 Å². The summed E-state index contributed by atoms with van der Waals surface area (Å²) in [6.45, 7) is 2.26. The molecule has 25 heavy (non-hydrogen) atoms. The van der Waals surface area contributed by atoms with Gasteiger partial charge in [-0.15, -0.1) is 10.2 Å². The Hall–Kier alpha value is -2.58. The highest BCUT2D eigenvalue weighted by atomic mass is 16.3. The average Bonchev–Trinajstić information content (AvgIpc) is 2.61. The van der Waals surface area contributed by atoms with Crippen molar-refractivity contribution in [1.82, 2.24) is 15.5 Å². The lowest BCUT2D eigenvalue weighted by Gasteiger charge is -2.48. The van der Waals surface area contributed by atoms with Gasteiger partial charge in [0.05, 0.1) is 11.3 Å². The van der Waals surface area contributed by atoms with Crippen molar-refractivity contribution in [3.8, 4) is 28.8 Å². The van der Waals surface area contributed by atoms with Crippen LogP contribution in [0.25, 0.3) is 11.3 Å². The first-order valence-electron chi connectivity index (χ1n) is 8.79. The lowest BCUT2D eigenvalue weighted by Crippen LogP contribution is -2.45. The molecule has 2 aromatic rings. The summed E-state index contributed by atoms with van der Waals surface area (Å²) in [5, 5.41) is 21.5. The molecular formula is C20H22N4O. The van der Waals surface area contributed by atoms with Crippen molar-refractivity contribution in [1.29, 1.82) is 0 Å². The summed E-state index contributed by atoms with van der Waals surface area (Å²) >= 11 is 0. The number of nitrogens with zero attached hydrogens (tertiary/aromatic N) is 2. The quantitative estimate of drug-likeness (QED) is 0.698. The van der Waals surface area contributed by atoms with Crippen LogP contribution in [0, 0.1) is 23.2 Å². The molecule has 0 radical (unpaired) electrons. The monoisotopic (exact) mass is 334 g/mol. The van der Waals surface area contributed by atoms with Crippen LogP contribution in [-0.4, -0.2) is 28.4 Å². The number of aromatic nitrogens is 2. The van der Waals surface area contributed by atoms with Gasteiger partial charge in [0.25, 0.3) is 0 Å². The smallest absolute Gasteiger partial charge is 0.161 e. The van der Waals surface area contributed by atoms with Gasteiger partial charge >= 0.3 is 0 Å². The predicted molar refractivity (Wildman–Crippen MR) is 97.7 cm³/mol. The Morgan fingerprint density at radius 3 is 2.68 bits per heavy atom. The van der Waals surface area contributed by atoms with E-state index in [2.05, 4.69) is 27.4 Å². The van der Waals surface area contributed by atoms with Crippen LogP contribution in [0.5, 0.6) is 5.75 Å². The van der Waals surface area contributed by atoms with Crippen LogP contribution in [0.1, 0.15) is 31.2 Å². The van der Waals surface area contributed by atoms with Gasteiger partial charge in [0, 0.05) is 11.5 Å². The maximum atomic E-state index is 9.99. The fourth-order valence-electron chi connectivity index (χ4n) is 3.96. The molecule has 1 spiro atoms. The van der Waals surface area contributed by atoms with Crippen molar-refractivity contribution in [2.75, 3.05) is 18.8 Å². The van der Waals surface area contributed by atoms with Crippen LogP contribution in [0.3, 0.4) is 0 Å². The summed E-state index contributed by atoms with van der Waals surface area (Å²) in [7, 11) is 0. The number of phenols is 1. The minimum atomic E-state index is 0.173. The Balaban J connectivity index is 1.52. The number of nitrogen functional groups attached to an aromatic ring is 1. The van der Waals surface area contributed by atoms with Crippen LogP contribution in [-0.2, 0) is 0 Å². The molecule has 1 aromatic carbocycles. The first-order valence-corrected chi connectivity index (χ1v) is 8.79. The summed E-state index contributed by atoms with van der Waals surface area (Å²) in [5.74, 6) is 7.51. The van der Waals surface area contributed by atoms with Gasteiger partial charge < -0.3 is 16.2 Å². The number of rotatable bonds is 1. The van der Waals surface area contributed by atoms with E-state index in [4.69, 9.17) is 5.73 Å². The topological polar surface area (TPSA) is 84.1 Å². The third kappa shape index (κ3) is 3.18. The summed E-state index contributed by atoms with van der Waals surface area (Å²) in [5.41, 5.74) is 8.36. The van der Waals surface area contributed by atoms with Crippen molar-refractivity contribution in [2.24, 2.45) is 11.3 Å². The Morgan fingerprint density at radius 1 is 1.16 bits per heavy atom. The predicted octanol–water partition coefficient (Wildman–Crippen LogP) is 2.56. The van der Waals surface area contributed by atoms with E-state index < -0.39 is 0 Å². The first kappa shape index (κ1) is 15.9. The number of piperidine rings is 1. The molecule has 1 aliphatic heterocycles. The maximum Gasteiger partial charge on any atom is 0.161 e. The van der Waals surface area contributed by atoms with Crippen LogP contribution in [0.4, 0.5) is 5.82 Å². The Bertz CT molecular complexity index is 838. The van der Waals surface area contributed by atoms with Crippen LogP contribution in [0.15, 0.2) is 30.3 Å². The van der Waals surface area contributed by atoms with Gasteiger partial charge in [-0.25, -0.2) is 0 Å². The first-order chi connectivity index (χ1) is 12.2. The molecule has 1 aliphatic carbocycles. The number of nitrogens with one attached hydrogen (secondary N) is 1. The van der Waals surface area contributed by atoms with Crippen molar-refractivity contribution in [3.05, 3.63) is 35.9 Å². The van der Waals surface area contributed by atoms with E-state index in [1.807, 2.05) is 12.1 Å². The molecule has 2 fully saturated rings. The number of aromatic hydroxyl groups is 1. The van der Waals surface area contributed by atoms with E-state index in [9.17, 15) is 5.11 Å². The largest absolute Gasteiger partial charge is 0.507 e. The zero-order valence-corrected chi connectivity index (χ0v) is 14.1. The highest BCUT2D eigenvalue weighted by Crippen LogP contribution is 2.51. The molecular weight excluding hydrogens is 312 g/mol. The van der Waals surface area contributed by atoms with Gasteiger partial charge in [0.2, 0.25) is 0 Å². The molecule has 4 rings (SSSR count). The number of hydrogen-bond acceptors (Lipinski definition) is 5. The lowest BCUT2D eigenvalue weighted by atomic mass is 9.58. The van der Waals surface area contributed by atoms with Gasteiger partial charge in [-0.2, -0.15) is 0 Å². The molecule has 5 heteroatoms. The van der Waals surface area contributed by atoms with Crippen molar-refractivity contribution < 1.29 is 5.11 Å². The molecule has 1 saturated carbocycles. The Labute approximate surface area is 147 Å². The lowest BCUT2D eigenvalue weighted by molar-refractivity contribution is 0.0501. The van der Waals surface area contributed by atoms with Crippen LogP contribution < -0.4 is 11.1 Å². The number of phenolic OH excluding ortho intramolecular Hbond substituents is 1.